The largest absolute Gasteiger partial charge is 0.484 e. The molecule has 5 nitrogen and oxygen atoms in total. The lowest BCUT2D eigenvalue weighted by molar-refractivity contribution is -0.142. The summed E-state index contributed by atoms with van der Waals surface area (Å²) in [6, 6.07) is 22.6. The molecule has 6 heteroatoms. The van der Waals surface area contributed by atoms with Gasteiger partial charge in [0.2, 0.25) is 5.91 Å². The summed E-state index contributed by atoms with van der Waals surface area (Å²) in [5, 5.41) is 2.83. The molecule has 0 aromatic heterocycles. The molecule has 0 aliphatic carbocycles. The van der Waals surface area contributed by atoms with E-state index in [1.165, 1.54) is 11.0 Å². The first-order chi connectivity index (χ1) is 17.2. The summed E-state index contributed by atoms with van der Waals surface area (Å²) in [6.07, 6.45) is 0.299. The van der Waals surface area contributed by atoms with Gasteiger partial charge in [-0.15, -0.1) is 0 Å². The molecule has 190 valence electrons. The van der Waals surface area contributed by atoms with Crippen LogP contribution in [0.4, 0.5) is 4.39 Å². The minimum absolute atomic E-state index is 0.00219. The van der Waals surface area contributed by atoms with Gasteiger partial charge in [0.05, 0.1) is 0 Å². The Hall–Kier alpha value is -3.67. The molecule has 0 saturated carbocycles. The molecule has 0 saturated heterocycles. The van der Waals surface area contributed by atoms with Crippen molar-refractivity contribution in [2.45, 2.75) is 52.1 Å². The fourth-order valence-corrected chi connectivity index (χ4v) is 3.94. The van der Waals surface area contributed by atoms with Gasteiger partial charge in [0, 0.05) is 25.1 Å². The molecule has 3 rings (SSSR count). The number of likely N-dealkylation sites (N-methyl/N-ethyl adjacent to an activating group) is 1. The smallest absolute Gasteiger partial charge is 0.261 e. The monoisotopic (exact) mass is 490 g/mol. The van der Waals surface area contributed by atoms with Gasteiger partial charge in [0.15, 0.2) is 6.61 Å². The lowest BCUT2D eigenvalue weighted by Crippen LogP contribution is -2.51. The van der Waals surface area contributed by atoms with Crippen molar-refractivity contribution in [2.24, 2.45) is 0 Å². The molecule has 2 amide bonds. The average molecular weight is 491 g/mol. The Labute approximate surface area is 213 Å². The van der Waals surface area contributed by atoms with E-state index in [2.05, 4.69) is 26.1 Å². The van der Waals surface area contributed by atoms with Crippen LogP contribution in [0.25, 0.3) is 0 Å². The van der Waals surface area contributed by atoms with Crippen LogP contribution in [0.15, 0.2) is 78.9 Å². The molecule has 0 spiro atoms. The number of hydrogen-bond acceptors (Lipinski definition) is 3. The first-order valence-electron chi connectivity index (χ1n) is 12.3. The number of nitrogens with zero attached hydrogens (tertiary/aromatic N) is 1. The first-order valence-corrected chi connectivity index (χ1v) is 12.3. The number of rotatable bonds is 10. The van der Waals surface area contributed by atoms with Crippen molar-refractivity contribution in [1.29, 1.82) is 0 Å². The number of carbonyl (C=O) groups excluding carboxylic acids is 2. The van der Waals surface area contributed by atoms with Crippen molar-refractivity contribution in [3.05, 3.63) is 101 Å². The Balaban J connectivity index is 1.86. The van der Waals surface area contributed by atoms with E-state index >= 15 is 0 Å². The molecule has 1 N–H and O–H groups in total. The molecule has 1 unspecified atom stereocenters. The van der Waals surface area contributed by atoms with Gasteiger partial charge in [-0.25, -0.2) is 4.39 Å². The van der Waals surface area contributed by atoms with Gasteiger partial charge in [-0.05, 0) is 41.7 Å². The molecule has 36 heavy (non-hydrogen) atoms. The summed E-state index contributed by atoms with van der Waals surface area (Å²) in [4.78, 5) is 28.0. The molecule has 0 heterocycles. The highest BCUT2D eigenvalue weighted by atomic mass is 19.1. The van der Waals surface area contributed by atoms with E-state index in [0.29, 0.717) is 24.3 Å². The van der Waals surface area contributed by atoms with Crippen LogP contribution in [-0.4, -0.2) is 35.9 Å². The van der Waals surface area contributed by atoms with Crippen LogP contribution < -0.4 is 10.1 Å². The van der Waals surface area contributed by atoms with Gasteiger partial charge in [0.25, 0.3) is 5.91 Å². The number of nitrogens with one attached hydrogen (secondary N) is 1. The molecule has 3 aromatic carbocycles. The summed E-state index contributed by atoms with van der Waals surface area (Å²) in [7, 11) is 0. The van der Waals surface area contributed by atoms with Crippen molar-refractivity contribution in [2.75, 3.05) is 13.2 Å². The zero-order valence-electron chi connectivity index (χ0n) is 21.5. The second-order valence-electron chi connectivity index (χ2n) is 9.78. The SMILES string of the molecule is CCNC(=O)C(Cc1ccccc1)N(Cc1ccccc1F)C(=O)COc1ccc(C(C)(C)C)cc1. The van der Waals surface area contributed by atoms with E-state index in [4.69, 9.17) is 4.74 Å². The first kappa shape index (κ1) is 26.9. The van der Waals surface area contributed by atoms with Crippen molar-refractivity contribution in [3.63, 3.8) is 0 Å². The van der Waals surface area contributed by atoms with Crippen LogP contribution in [0.5, 0.6) is 5.75 Å². The molecule has 0 fully saturated rings. The lowest BCUT2D eigenvalue weighted by atomic mass is 9.87. The second kappa shape index (κ2) is 12.3. The Morgan fingerprint density at radius 3 is 2.19 bits per heavy atom. The summed E-state index contributed by atoms with van der Waals surface area (Å²) < 4.78 is 20.4. The molecule has 0 bridgehead atoms. The highest BCUT2D eigenvalue weighted by Gasteiger charge is 2.31. The number of hydrogen-bond donors (Lipinski definition) is 1. The summed E-state index contributed by atoms with van der Waals surface area (Å²) in [5.41, 5.74) is 2.39. The van der Waals surface area contributed by atoms with E-state index in [0.717, 1.165) is 11.1 Å². The van der Waals surface area contributed by atoms with Crippen LogP contribution >= 0.6 is 0 Å². The minimum Gasteiger partial charge on any atom is -0.484 e. The van der Waals surface area contributed by atoms with Gasteiger partial charge in [-0.3, -0.25) is 9.59 Å². The zero-order valence-corrected chi connectivity index (χ0v) is 21.5. The molecular weight excluding hydrogens is 455 g/mol. The molecular formula is C30H35FN2O3. The molecule has 1 atom stereocenters. The van der Waals surface area contributed by atoms with Crippen molar-refractivity contribution in [1.82, 2.24) is 10.2 Å². The molecule has 0 aliphatic rings. The fourth-order valence-electron chi connectivity index (χ4n) is 3.94. The summed E-state index contributed by atoms with van der Waals surface area (Å²) >= 11 is 0. The van der Waals surface area contributed by atoms with Crippen molar-refractivity contribution >= 4 is 11.8 Å². The third kappa shape index (κ3) is 7.41. The lowest BCUT2D eigenvalue weighted by Gasteiger charge is -2.31. The molecule has 0 radical (unpaired) electrons. The van der Waals surface area contributed by atoms with Crippen molar-refractivity contribution < 1.29 is 18.7 Å². The van der Waals surface area contributed by atoms with Crippen LogP contribution in [0.1, 0.15) is 44.4 Å². The number of benzene rings is 3. The molecule has 0 aliphatic heterocycles. The average Bonchev–Trinajstić information content (AvgIpc) is 2.86. The third-order valence-electron chi connectivity index (χ3n) is 6.00. The minimum atomic E-state index is -0.827. The van der Waals surface area contributed by atoms with Gasteiger partial charge in [-0.2, -0.15) is 0 Å². The predicted octanol–water partition coefficient (Wildman–Crippen LogP) is 5.28. The van der Waals surface area contributed by atoms with Crippen LogP contribution in [0.3, 0.4) is 0 Å². The quantitative estimate of drug-likeness (QED) is 0.421. The third-order valence-corrected chi connectivity index (χ3v) is 6.00. The Morgan fingerprint density at radius 2 is 1.58 bits per heavy atom. The maximum absolute atomic E-state index is 14.6. The highest BCUT2D eigenvalue weighted by molar-refractivity contribution is 5.88. The second-order valence-corrected chi connectivity index (χ2v) is 9.78. The van der Waals surface area contributed by atoms with E-state index in [9.17, 15) is 14.0 Å². The maximum atomic E-state index is 14.6. The topological polar surface area (TPSA) is 58.6 Å². The van der Waals surface area contributed by atoms with Crippen LogP contribution in [-0.2, 0) is 28.0 Å². The van der Waals surface area contributed by atoms with Gasteiger partial charge < -0.3 is 15.0 Å². The Bertz CT molecular complexity index is 1140. The zero-order chi connectivity index (χ0) is 26.1. The number of ether oxygens (including phenoxy) is 1. The highest BCUT2D eigenvalue weighted by Crippen LogP contribution is 2.24. The molecule has 3 aromatic rings. The maximum Gasteiger partial charge on any atom is 0.261 e. The van der Waals surface area contributed by atoms with E-state index in [1.807, 2.05) is 61.5 Å². The Kier molecular flexibility index (Phi) is 9.23. The van der Waals surface area contributed by atoms with E-state index < -0.39 is 17.8 Å². The normalized spacial score (nSPS) is 12.0. The van der Waals surface area contributed by atoms with E-state index in [1.54, 1.807) is 18.2 Å². The number of amides is 2. The number of carbonyl (C=O) groups is 2. The standard InChI is InChI=1S/C30H35FN2O3/c1-5-32-29(35)27(19-22-11-7-6-8-12-22)33(20-23-13-9-10-14-26(23)31)28(34)21-36-25-17-15-24(16-18-25)30(2,3)4/h6-18,27H,5,19-21H2,1-4H3,(H,32,35). The van der Waals surface area contributed by atoms with Crippen LogP contribution in [0.2, 0.25) is 0 Å². The summed E-state index contributed by atoms with van der Waals surface area (Å²) in [6.45, 7) is 8.30. The van der Waals surface area contributed by atoms with Crippen molar-refractivity contribution in [3.8, 4) is 5.75 Å². The van der Waals surface area contributed by atoms with Gasteiger partial charge in [0.1, 0.15) is 17.6 Å². The van der Waals surface area contributed by atoms with E-state index in [-0.39, 0.29) is 24.5 Å². The van der Waals surface area contributed by atoms with Gasteiger partial charge >= 0.3 is 0 Å². The summed E-state index contributed by atoms with van der Waals surface area (Å²) in [5.74, 6) is -0.561. The fraction of sp³-hybridized carbons (Fsp3) is 0.333. The predicted molar refractivity (Wildman–Crippen MR) is 140 cm³/mol. The van der Waals surface area contributed by atoms with Crippen LogP contribution in [0, 0.1) is 5.82 Å². The van der Waals surface area contributed by atoms with Gasteiger partial charge in [-0.1, -0.05) is 81.4 Å². The number of halogens is 1. The Morgan fingerprint density at radius 1 is 0.944 bits per heavy atom.